The molecule has 0 bridgehead atoms. The summed E-state index contributed by atoms with van der Waals surface area (Å²) >= 11 is 0. The van der Waals surface area contributed by atoms with E-state index in [1.165, 1.54) is 32.6 Å². The molecule has 35 heavy (non-hydrogen) atoms. The Morgan fingerprint density at radius 1 is 0.400 bits per heavy atom. The molecular weight excluding hydrogens is 428 g/mol. The van der Waals surface area contributed by atoms with Gasteiger partial charge in [-0.2, -0.15) is 0 Å². The lowest BCUT2D eigenvalue weighted by atomic mass is 10.1. The molecule has 0 radical (unpaired) electrons. The van der Waals surface area contributed by atoms with Gasteiger partial charge in [0.15, 0.2) is 0 Å². The molecule has 0 saturated heterocycles. The van der Waals surface area contributed by atoms with Crippen LogP contribution in [0, 0.1) is 0 Å². The second-order valence-electron chi connectivity index (χ2n) is 9.02. The van der Waals surface area contributed by atoms with Crippen LogP contribution in [0.3, 0.4) is 0 Å². The highest BCUT2D eigenvalue weighted by molar-refractivity contribution is 6.19. The van der Waals surface area contributed by atoms with E-state index in [1.807, 2.05) is 12.1 Å². The van der Waals surface area contributed by atoms with E-state index < -0.39 is 0 Å². The summed E-state index contributed by atoms with van der Waals surface area (Å²) in [6.45, 7) is 0. The molecule has 0 spiro atoms. The summed E-state index contributed by atoms with van der Waals surface area (Å²) in [6.07, 6.45) is 0. The van der Waals surface area contributed by atoms with Crippen LogP contribution < -0.4 is 0 Å². The number of rotatable bonds is 2. The lowest BCUT2D eigenvalue weighted by Gasteiger charge is -2.11. The van der Waals surface area contributed by atoms with Gasteiger partial charge in [-0.3, -0.25) is 4.57 Å². The van der Waals surface area contributed by atoms with Gasteiger partial charge in [-0.05, 0) is 48.5 Å². The number of para-hydroxylation sites is 4. The van der Waals surface area contributed by atoms with E-state index in [4.69, 9.17) is 4.42 Å². The monoisotopic (exact) mass is 448 g/mol. The summed E-state index contributed by atoms with van der Waals surface area (Å²) in [5, 5.41) is 6.07. The molecule has 8 aromatic rings. The second kappa shape index (κ2) is 6.87. The summed E-state index contributed by atoms with van der Waals surface area (Å²) in [5.74, 6) is 0. The Bertz CT molecular complexity index is 2000. The summed E-state index contributed by atoms with van der Waals surface area (Å²) in [4.78, 5) is 0. The highest BCUT2D eigenvalue weighted by Gasteiger charge is 2.19. The first-order valence-corrected chi connectivity index (χ1v) is 11.9. The highest BCUT2D eigenvalue weighted by atomic mass is 16.3. The van der Waals surface area contributed by atoms with Crippen molar-refractivity contribution in [3.8, 4) is 11.4 Å². The molecule has 0 aliphatic heterocycles. The van der Waals surface area contributed by atoms with Crippen LogP contribution in [0.25, 0.3) is 66.2 Å². The number of hydrogen-bond acceptors (Lipinski definition) is 1. The quantitative estimate of drug-likeness (QED) is 0.259. The molecule has 0 atom stereocenters. The summed E-state index contributed by atoms with van der Waals surface area (Å²) in [6, 6.07) is 42.8. The summed E-state index contributed by atoms with van der Waals surface area (Å²) in [7, 11) is 0. The van der Waals surface area contributed by atoms with Crippen LogP contribution in [0.4, 0.5) is 0 Å². The van der Waals surface area contributed by atoms with Crippen molar-refractivity contribution in [2.75, 3.05) is 0 Å². The molecule has 164 valence electrons. The molecule has 0 aliphatic rings. The molecule has 3 heteroatoms. The van der Waals surface area contributed by atoms with E-state index >= 15 is 0 Å². The third kappa shape index (κ3) is 2.50. The molecule has 3 aromatic heterocycles. The first-order valence-electron chi connectivity index (χ1n) is 11.9. The van der Waals surface area contributed by atoms with Crippen LogP contribution in [0.1, 0.15) is 0 Å². The van der Waals surface area contributed by atoms with Crippen LogP contribution in [0.15, 0.2) is 126 Å². The maximum absolute atomic E-state index is 6.40. The predicted octanol–water partition coefficient (Wildman–Crippen LogP) is 8.63. The standard InChI is InChI=1S/C32H20N2O/c1-5-13-27-23(9-1)24-10-2-6-14-28(24)33(27)21-17-19-22(20-18-21)34-29-15-7-3-11-25(29)31-26-12-4-8-16-30(26)35-32(31)34/h1-20H. The van der Waals surface area contributed by atoms with Crippen molar-refractivity contribution in [1.82, 2.24) is 9.13 Å². The minimum absolute atomic E-state index is 0.886. The third-order valence-electron chi connectivity index (χ3n) is 7.14. The number of fused-ring (bicyclic) bond motifs is 8. The molecule has 0 unspecified atom stereocenters. The van der Waals surface area contributed by atoms with Gasteiger partial charge in [0.1, 0.15) is 5.58 Å². The Labute approximate surface area is 201 Å². The Morgan fingerprint density at radius 2 is 0.857 bits per heavy atom. The average Bonchev–Trinajstić information content (AvgIpc) is 3.56. The van der Waals surface area contributed by atoms with Crippen LogP contribution in [0.5, 0.6) is 0 Å². The van der Waals surface area contributed by atoms with Gasteiger partial charge in [0.25, 0.3) is 0 Å². The lowest BCUT2D eigenvalue weighted by molar-refractivity contribution is 0.645. The van der Waals surface area contributed by atoms with E-state index in [2.05, 4.69) is 118 Å². The SMILES string of the molecule is c1ccc2c(c1)oc1c2c2ccccc2n1-c1ccc(-n2c3ccccc3c3ccccc32)cc1. The zero-order valence-electron chi connectivity index (χ0n) is 18.8. The zero-order chi connectivity index (χ0) is 22.9. The Balaban J connectivity index is 1.38. The zero-order valence-corrected chi connectivity index (χ0v) is 18.8. The van der Waals surface area contributed by atoms with Gasteiger partial charge in [0, 0.05) is 32.9 Å². The first kappa shape index (κ1) is 18.6. The van der Waals surface area contributed by atoms with E-state index in [0.29, 0.717) is 0 Å². The largest absolute Gasteiger partial charge is 0.439 e. The topological polar surface area (TPSA) is 23.0 Å². The van der Waals surface area contributed by atoms with Gasteiger partial charge in [-0.25, -0.2) is 0 Å². The van der Waals surface area contributed by atoms with Crippen molar-refractivity contribution >= 4 is 54.8 Å². The highest BCUT2D eigenvalue weighted by Crippen LogP contribution is 2.39. The van der Waals surface area contributed by atoms with E-state index in [0.717, 1.165) is 33.6 Å². The molecule has 0 aliphatic carbocycles. The van der Waals surface area contributed by atoms with Gasteiger partial charge < -0.3 is 8.98 Å². The summed E-state index contributed by atoms with van der Waals surface area (Å²) in [5.41, 5.74) is 7.61. The normalized spacial score (nSPS) is 12.0. The molecule has 8 rings (SSSR count). The number of benzene rings is 5. The molecular formula is C32H20N2O. The van der Waals surface area contributed by atoms with E-state index in [-0.39, 0.29) is 0 Å². The molecule has 0 N–H and O–H groups in total. The molecule has 0 saturated carbocycles. The van der Waals surface area contributed by atoms with Gasteiger partial charge in [0.2, 0.25) is 5.71 Å². The van der Waals surface area contributed by atoms with Crippen molar-refractivity contribution in [2.45, 2.75) is 0 Å². The summed E-state index contributed by atoms with van der Waals surface area (Å²) < 4.78 is 11.0. The van der Waals surface area contributed by atoms with Crippen molar-refractivity contribution < 1.29 is 4.42 Å². The minimum Gasteiger partial charge on any atom is -0.439 e. The fraction of sp³-hybridized carbons (Fsp3) is 0. The van der Waals surface area contributed by atoms with Gasteiger partial charge in [-0.1, -0.05) is 72.8 Å². The Kier molecular flexibility index (Phi) is 3.66. The average molecular weight is 449 g/mol. The van der Waals surface area contributed by atoms with Gasteiger partial charge >= 0.3 is 0 Å². The number of furan rings is 1. The number of nitrogens with zero attached hydrogens (tertiary/aromatic N) is 2. The molecule has 3 heterocycles. The van der Waals surface area contributed by atoms with Gasteiger partial charge in [0.05, 0.1) is 21.9 Å². The van der Waals surface area contributed by atoms with Crippen molar-refractivity contribution in [1.29, 1.82) is 0 Å². The molecule has 5 aromatic carbocycles. The third-order valence-corrected chi connectivity index (χ3v) is 7.14. The first-order chi connectivity index (χ1) is 17.4. The van der Waals surface area contributed by atoms with Gasteiger partial charge in [-0.15, -0.1) is 0 Å². The second-order valence-corrected chi connectivity index (χ2v) is 9.02. The molecule has 3 nitrogen and oxygen atoms in total. The predicted molar refractivity (Wildman–Crippen MR) is 145 cm³/mol. The number of hydrogen-bond donors (Lipinski definition) is 0. The maximum Gasteiger partial charge on any atom is 0.213 e. The van der Waals surface area contributed by atoms with Crippen LogP contribution in [-0.2, 0) is 0 Å². The van der Waals surface area contributed by atoms with Crippen molar-refractivity contribution in [3.63, 3.8) is 0 Å². The van der Waals surface area contributed by atoms with Crippen molar-refractivity contribution in [2.24, 2.45) is 0 Å². The Hall–Kier alpha value is -4.76. The maximum atomic E-state index is 6.40. The smallest absolute Gasteiger partial charge is 0.213 e. The van der Waals surface area contributed by atoms with E-state index in [9.17, 15) is 0 Å². The molecule has 0 fully saturated rings. The lowest BCUT2D eigenvalue weighted by Crippen LogP contribution is -1.96. The van der Waals surface area contributed by atoms with Crippen LogP contribution in [0.2, 0.25) is 0 Å². The molecule has 0 amide bonds. The van der Waals surface area contributed by atoms with E-state index in [1.54, 1.807) is 0 Å². The fourth-order valence-electron chi connectivity index (χ4n) is 5.65. The fourth-order valence-corrected chi connectivity index (χ4v) is 5.65. The van der Waals surface area contributed by atoms with Crippen LogP contribution >= 0.6 is 0 Å². The number of aromatic nitrogens is 2. The van der Waals surface area contributed by atoms with Crippen molar-refractivity contribution in [3.05, 3.63) is 121 Å². The Morgan fingerprint density at radius 3 is 1.49 bits per heavy atom. The minimum atomic E-state index is 0.886. The van der Waals surface area contributed by atoms with Crippen LogP contribution in [-0.4, -0.2) is 9.13 Å².